The molecule has 0 bridgehead atoms. The Balaban J connectivity index is 1.80. The molecule has 0 fully saturated rings. The fourth-order valence-electron chi connectivity index (χ4n) is 3.61. The Labute approximate surface area is 192 Å². The molecule has 7 heteroatoms. The number of benzene rings is 1. The molecular formula is C26H23N7. The van der Waals surface area contributed by atoms with Crippen molar-refractivity contribution in [3.8, 4) is 39.6 Å². The summed E-state index contributed by atoms with van der Waals surface area (Å²) in [4.78, 5) is 17.4. The Morgan fingerprint density at radius 2 is 1.76 bits per heavy atom. The quantitative estimate of drug-likeness (QED) is 0.429. The second-order valence-corrected chi connectivity index (χ2v) is 8.27. The van der Waals surface area contributed by atoms with Gasteiger partial charge in [-0.3, -0.25) is 9.97 Å². The number of nitrogens with two attached hydrogens (primary N) is 1. The SMILES string of the molecule is Cc1ncc(-c2ccnc(C(C)(C)C#N)c2)cc1-c1cccc(-c2ncnc(N)c2C=N)c1. The molecule has 33 heavy (non-hydrogen) atoms. The summed E-state index contributed by atoms with van der Waals surface area (Å²) in [6.07, 6.45) is 6.14. The Kier molecular flexibility index (Phi) is 5.67. The van der Waals surface area contributed by atoms with Crippen LogP contribution in [0.15, 0.2) is 61.2 Å². The third kappa shape index (κ3) is 4.19. The van der Waals surface area contributed by atoms with Crippen LogP contribution in [-0.2, 0) is 5.41 Å². The molecule has 0 unspecified atom stereocenters. The lowest BCUT2D eigenvalue weighted by molar-refractivity contribution is 0.660. The fourth-order valence-corrected chi connectivity index (χ4v) is 3.61. The average Bonchev–Trinajstić information content (AvgIpc) is 2.84. The fraction of sp³-hybridized carbons (Fsp3) is 0.154. The maximum atomic E-state index is 9.48. The smallest absolute Gasteiger partial charge is 0.136 e. The molecule has 0 radical (unpaired) electrons. The average molecular weight is 434 g/mol. The Hall–Kier alpha value is -4.44. The maximum Gasteiger partial charge on any atom is 0.136 e. The van der Waals surface area contributed by atoms with Crippen molar-refractivity contribution in [3.05, 3.63) is 78.1 Å². The summed E-state index contributed by atoms with van der Waals surface area (Å²) in [6, 6.07) is 16.2. The van der Waals surface area contributed by atoms with Gasteiger partial charge in [-0.1, -0.05) is 18.2 Å². The van der Waals surface area contributed by atoms with Crippen molar-refractivity contribution in [2.75, 3.05) is 5.73 Å². The topological polar surface area (TPSA) is 125 Å². The first-order valence-electron chi connectivity index (χ1n) is 10.4. The van der Waals surface area contributed by atoms with E-state index in [0.29, 0.717) is 17.0 Å². The van der Waals surface area contributed by atoms with Crippen LogP contribution in [0, 0.1) is 23.7 Å². The van der Waals surface area contributed by atoms with E-state index in [2.05, 4.69) is 32.1 Å². The van der Waals surface area contributed by atoms with E-state index >= 15 is 0 Å². The van der Waals surface area contributed by atoms with Crippen LogP contribution < -0.4 is 5.73 Å². The van der Waals surface area contributed by atoms with Crippen LogP contribution in [0.1, 0.15) is 30.8 Å². The summed E-state index contributed by atoms with van der Waals surface area (Å²) in [5, 5.41) is 17.2. The molecule has 0 aliphatic heterocycles. The van der Waals surface area contributed by atoms with Gasteiger partial charge in [-0.25, -0.2) is 9.97 Å². The molecule has 0 aliphatic rings. The van der Waals surface area contributed by atoms with Crippen molar-refractivity contribution in [2.24, 2.45) is 0 Å². The molecule has 3 heterocycles. The van der Waals surface area contributed by atoms with Crippen LogP contribution in [0.4, 0.5) is 5.82 Å². The number of rotatable bonds is 5. The van der Waals surface area contributed by atoms with Crippen LogP contribution in [0.3, 0.4) is 0 Å². The summed E-state index contributed by atoms with van der Waals surface area (Å²) in [5.41, 5.74) is 12.6. The Morgan fingerprint density at radius 1 is 0.970 bits per heavy atom. The minimum absolute atomic E-state index is 0.272. The van der Waals surface area contributed by atoms with E-state index in [1.165, 1.54) is 12.5 Å². The van der Waals surface area contributed by atoms with Gasteiger partial charge >= 0.3 is 0 Å². The Bertz CT molecular complexity index is 1400. The van der Waals surface area contributed by atoms with Gasteiger partial charge in [0.25, 0.3) is 0 Å². The second-order valence-electron chi connectivity index (χ2n) is 8.27. The van der Waals surface area contributed by atoms with Crippen molar-refractivity contribution < 1.29 is 0 Å². The van der Waals surface area contributed by atoms with Crippen LogP contribution in [0.25, 0.3) is 33.5 Å². The van der Waals surface area contributed by atoms with E-state index in [1.54, 1.807) is 6.20 Å². The number of hydrogen-bond donors (Lipinski definition) is 2. The minimum atomic E-state index is -0.683. The number of pyridine rings is 2. The second kappa shape index (κ2) is 8.60. The van der Waals surface area contributed by atoms with Gasteiger partial charge in [-0.15, -0.1) is 0 Å². The monoisotopic (exact) mass is 433 g/mol. The number of aryl methyl sites for hydroxylation is 1. The van der Waals surface area contributed by atoms with E-state index in [1.807, 2.05) is 63.4 Å². The highest BCUT2D eigenvalue weighted by molar-refractivity contribution is 5.92. The molecule has 4 rings (SSSR count). The summed E-state index contributed by atoms with van der Waals surface area (Å²) in [6.45, 7) is 5.67. The standard InChI is InChI=1S/C26H23N7/c1-16-21(10-20(13-31-16)17-7-8-30-23(11-17)26(2,3)14-28)18-5-4-6-19(9-18)24-22(12-27)25(29)33-15-32-24/h4-13,15,27H,1-3H3,(H2,29,32,33). The van der Waals surface area contributed by atoms with Gasteiger partial charge in [0.05, 0.1) is 28.4 Å². The highest BCUT2D eigenvalue weighted by atomic mass is 14.9. The summed E-state index contributed by atoms with van der Waals surface area (Å²) in [7, 11) is 0. The molecule has 1 aromatic carbocycles. The predicted molar refractivity (Wildman–Crippen MR) is 130 cm³/mol. The van der Waals surface area contributed by atoms with Crippen LogP contribution >= 0.6 is 0 Å². The van der Waals surface area contributed by atoms with Crippen molar-refractivity contribution >= 4 is 12.0 Å². The van der Waals surface area contributed by atoms with Gasteiger partial charge in [0.1, 0.15) is 12.1 Å². The van der Waals surface area contributed by atoms with E-state index < -0.39 is 5.41 Å². The van der Waals surface area contributed by atoms with Crippen molar-refractivity contribution in [1.82, 2.24) is 19.9 Å². The summed E-state index contributed by atoms with van der Waals surface area (Å²) >= 11 is 0. The lowest BCUT2D eigenvalue weighted by Crippen LogP contribution is -2.15. The van der Waals surface area contributed by atoms with Gasteiger partial charge in [0, 0.05) is 41.0 Å². The number of hydrogen-bond acceptors (Lipinski definition) is 7. The molecule has 0 atom stereocenters. The van der Waals surface area contributed by atoms with E-state index in [9.17, 15) is 5.26 Å². The first-order chi connectivity index (χ1) is 15.8. The van der Waals surface area contributed by atoms with E-state index in [0.717, 1.165) is 33.5 Å². The Morgan fingerprint density at radius 3 is 2.52 bits per heavy atom. The lowest BCUT2D eigenvalue weighted by atomic mass is 9.89. The number of anilines is 1. The van der Waals surface area contributed by atoms with Crippen LogP contribution in [0.5, 0.6) is 0 Å². The normalized spacial score (nSPS) is 11.1. The van der Waals surface area contributed by atoms with Crippen LogP contribution in [-0.4, -0.2) is 26.2 Å². The minimum Gasteiger partial charge on any atom is -0.383 e. The molecule has 0 amide bonds. The molecule has 3 N–H and O–H groups in total. The highest BCUT2D eigenvalue weighted by Crippen LogP contribution is 2.32. The molecule has 0 aliphatic carbocycles. The maximum absolute atomic E-state index is 9.48. The molecule has 0 saturated carbocycles. The number of nitrogen functional groups attached to an aromatic ring is 1. The van der Waals surface area contributed by atoms with Gasteiger partial charge in [-0.2, -0.15) is 5.26 Å². The summed E-state index contributed by atoms with van der Waals surface area (Å²) < 4.78 is 0. The molecule has 0 saturated heterocycles. The number of nitriles is 1. The molecule has 4 aromatic rings. The first-order valence-corrected chi connectivity index (χ1v) is 10.4. The molecule has 162 valence electrons. The zero-order chi connectivity index (χ0) is 23.6. The highest BCUT2D eigenvalue weighted by Gasteiger charge is 2.22. The summed E-state index contributed by atoms with van der Waals surface area (Å²) in [5.74, 6) is 0.272. The molecule has 7 nitrogen and oxygen atoms in total. The van der Waals surface area contributed by atoms with Crippen molar-refractivity contribution in [3.63, 3.8) is 0 Å². The third-order valence-electron chi connectivity index (χ3n) is 5.61. The zero-order valence-electron chi connectivity index (χ0n) is 18.7. The van der Waals surface area contributed by atoms with Gasteiger partial charge in [-0.05, 0) is 56.2 Å². The lowest BCUT2D eigenvalue weighted by Gasteiger charge is -2.16. The number of aromatic nitrogens is 4. The first kappa shape index (κ1) is 21.8. The van der Waals surface area contributed by atoms with Crippen molar-refractivity contribution in [2.45, 2.75) is 26.2 Å². The molecule has 0 spiro atoms. The molecule has 3 aromatic heterocycles. The predicted octanol–water partition coefficient (Wildman–Crippen LogP) is 4.96. The van der Waals surface area contributed by atoms with Gasteiger partial charge < -0.3 is 11.1 Å². The van der Waals surface area contributed by atoms with Crippen molar-refractivity contribution in [1.29, 1.82) is 10.7 Å². The van der Waals surface area contributed by atoms with Gasteiger partial charge in [0.15, 0.2) is 0 Å². The van der Waals surface area contributed by atoms with E-state index in [4.69, 9.17) is 11.1 Å². The third-order valence-corrected chi connectivity index (χ3v) is 5.61. The largest absolute Gasteiger partial charge is 0.383 e. The van der Waals surface area contributed by atoms with Crippen LogP contribution in [0.2, 0.25) is 0 Å². The number of nitrogens with one attached hydrogen (secondary N) is 1. The molecular weight excluding hydrogens is 410 g/mol. The zero-order valence-corrected chi connectivity index (χ0v) is 18.7. The van der Waals surface area contributed by atoms with Gasteiger partial charge in [0.2, 0.25) is 0 Å². The number of nitrogens with zero attached hydrogens (tertiary/aromatic N) is 5. The van der Waals surface area contributed by atoms with E-state index in [-0.39, 0.29) is 5.82 Å².